The molecule has 0 heterocycles. The van der Waals surface area contributed by atoms with Crippen molar-refractivity contribution >= 4 is 28.5 Å². The van der Waals surface area contributed by atoms with Crippen molar-refractivity contribution in [3.63, 3.8) is 0 Å². The Kier molecular flexibility index (Phi) is 5.76. The van der Waals surface area contributed by atoms with E-state index in [9.17, 15) is 4.79 Å². The molecule has 0 aliphatic rings. The maximum Gasteiger partial charge on any atom is 0.251 e. The standard InChI is InChI=1S/C17H19IN2O/c1-20(2)12-14-8-6-13(7-9-14)11-19-17(21)15-4-3-5-16(18)10-15/h3-10H,11-12H2,1-2H3,(H,19,21). The molecule has 4 heteroatoms. The average Bonchev–Trinajstić information content (AvgIpc) is 2.45. The van der Waals surface area contributed by atoms with Crippen molar-refractivity contribution in [1.82, 2.24) is 10.2 Å². The monoisotopic (exact) mass is 394 g/mol. The highest BCUT2D eigenvalue weighted by Crippen LogP contribution is 2.09. The third-order valence-electron chi connectivity index (χ3n) is 3.06. The third-order valence-corrected chi connectivity index (χ3v) is 3.73. The topological polar surface area (TPSA) is 32.3 Å². The highest BCUT2D eigenvalue weighted by atomic mass is 127. The van der Waals surface area contributed by atoms with Crippen LogP contribution in [0.5, 0.6) is 0 Å². The summed E-state index contributed by atoms with van der Waals surface area (Å²) in [5.41, 5.74) is 3.08. The van der Waals surface area contributed by atoms with Crippen LogP contribution in [-0.4, -0.2) is 24.9 Å². The van der Waals surface area contributed by atoms with E-state index in [4.69, 9.17) is 0 Å². The van der Waals surface area contributed by atoms with Gasteiger partial charge in [-0.1, -0.05) is 30.3 Å². The third kappa shape index (κ3) is 5.13. The lowest BCUT2D eigenvalue weighted by Gasteiger charge is -2.10. The Morgan fingerprint density at radius 3 is 2.38 bits per heavy atom. The predicted octanol–water partition coefficient (Wildman–Crippen LogP) is 3.28. The Morgan fingerprint density at radius 1 is 1.10 bits per heavy atom. The molecule has 0 aliphatic heterocycles. The van der Waals surface area contributed by atoms with E-state index in [1.54, 1.807) is 0 Å². The number of carbonyl (C=O) groups is 1. The summed E-state index contributed by atoms with van der Waals surface area (Å²) in [6.07, 6.45) is 0. The number of halogens is 1. The molecule has 2 aromatic rings. The van der Waals surface area contributed by atoms with Crippen LogP contribution in [0.25, 0.3) is 0 Å². The minimum absolute atomic E-state index is 0.0362. The normalized spacial score (nSPS) is 10.7. The van der Waals surface area contributed by atoms with Crippen LogP contribution in [0.4, 0.5) is 0 Å². The van der Waals surface area contributed by atoms with Crippen LogP contribution in [0.15, 0.2) is 48.5 Å². The van der Waals surface area contributed by atoms with Gasteiger partial charge < -0.3 is 10.2 Å². The highest BCUT2D eigenvalue weighted by molar-refractivity contribution is 14.1. The van der Waals surface area contributed by atoms with Crippen LogP contribution in [-0.2, 0) is 13.1 Å². The molecular formula is C17H19IN2O. The second kappa shape index (κ2) is 7.56. The van der Waals surface area contributed by atoms with Crippen molar-refractivity contribution in [2.24, 2.45) is 0 Å². The summed E-state index contributed by atoms with van der Waals surface area (Å²) in [4.78, 5) is 14.2. The van der Waals surface area contributed by atoms with Crippen LogP contribution in [0.1, 0.15) is 21.5 Å². The van der Waals surface area contributed by atoms with E-state index in [1.165, 1.54) is 5.56 Å². The number of hydrogen-bond donors (Lipinski definition) is 1. The fourth-order valence-electron chi connectivity index (χ4n) is 2.04. The van der Waals surface area contributed by atoms with Crippen LogP contribution in [0, 0.1) is 3.57 Å². The maximum absolute atomic E-state index is 12.1. The first-order valence-electron chi connectivity index (χ1n) is 6.81. The molecule has 0 unspecified atom stereocenters. The minimum atomic E-state index is -0.0362. The lowest BCUT2D eigenvalue weighted by Crippen LogP contribution is -2.22. The Balaban J connectivity index is 1.92. The van der Waals surface area contributed by atoms with Gasteiger partial charge in [-0.2, -0.15) is 0 Å². The smallest absolute Gasteiger partial charge is 0.251 e. The van der Waals surface area contributed by atoms with Gasteiger partial charge >= 0.3 is 0 Å². The van der Waals surface area contributed by atoms with E-state index in [-0.39, 0.29) is 5.91 Å². The first kappa shape index (κ1) is 16.0. The Bertz CT molecular complexity index is 608. The summed E-state index contributed by atoms with van der Waals surface area (Å²) < 4.78 is 1.06. The molecular weight excluding hydrogens is 375 g/mol. The van der Waals surface area contributed by atoms with Gasteiger partial charge in [0.15, 0.2) is 0 Å². The van der Waals surface area contributed by atoms with Gasteiger partial charge in [-0.25, -0.2) is 0 Å². The molecule has 1 N–H and O–H groups in total. The molecule has 0 saturated heterocycles. The summed E-state index contributed by atoms with van der Waals surface area (Å²) in [5, 5.41) is 2.95. The SMILES string of the molecule is CN(C)Cc1ccc(CNC(=O)c2cccc(I)c2)cc1. The molecule has 0 aliphatic carbocycles. The first-order valence-corrected chi connectivity index (χ1v) is 7.89. The van der Waals surface area contributed by atoms with Gasteiger partial charge in [0, 0.05) is 22.2 Å². The summed E-state index contributed by atoms with van der Waals surface area (Å²) >= 11 is 2.21. The Hall–Kier alpha value is -1.40. The van der Waals surface area contributed by atoms with E-state index in [2.05, 4.69) is 71.2 Å². The zero-order chi connectivity index (χ0) is 15.2. The second-order valence-electron chi connectivity index (χ2n) is 5.25. The summed E-state index contributed by atoms with van der Waals surface area (Å²) in [5.74, 6) is -0.0362. The molecule has 0 atom stereocenters. The molecule has 0 spiro atoms. The number of benzene rings is 2. The van der Waals surface area contributed by atoms with Crippen molar-refractivity contribution in [2.75, 3.05) is 14.1 Å². The quantitative estimate of drug-likeness (QED) is 0.790. The number of hydrogen-bond acceptors (Lipinski definition) is 2. The predicted molar refractivity (Wildman–Crippen MR) is 94.2 cm³/mol. The van der Waals surface area contributed by atoms with Gasteiger partial charge in [0.1, 0.15) is 0 Å². The molecule has 0 radical (unpaired) electrons. The Labute approximate surface area is 139 Å². The zero-order valence-electron chi connectivity index (χ0n) is 12.3. The zero-order valence-corrected chi connectivity index (χ0v) is 14.4. The minimum Gasteiger partial charge on any atom is -0.348 e. The lowest BCUT2D eigenvalue weighted by molar-refractivity contribution is 0.0951. The van der Waals surface area contributed by atoms with Crippen LogP contribution in [0.3, 0.4) is 0 Å². The van der Waals surface area contributed by atoms with E-state index < -0.39 is 0 Å². The van der Waals surface area contributed by atoms with Gasteiger partial charge in [-0.3, -0.25) is 4.79 Å². The van der Waals surface area contributed by atoms with Crippen LogP contribution in [0.2, 0.25) is 0 Å². The number of nitrogens with zero attached hydrogens (tertiary/aromatic N) is 1. The average molecular weight is 394 g/mol. The highest BCUT2D eigenvalue weighted by Gasteiger charge is 2.05. The van der Waals surface area contributed by atoms with Gasteiger partial charge in [0.2, 0.25) is 0 Å². The largest absolute Gasteiger partial charge is 0.348 e. The molecule has 2 rings (SSSR count). The molecule has 1 amide bonds. The van der Waals surface area contributed by atoms with E-state index in [0.717, 1.165) is 15.7 Å². The van der Waals surface area contributed by atoms with Crippen LogP contribution < -0.4 is 5.32 Å². The lowest BCUT2D eigenvalue weighted by atomic mass is 10.1. The van der Waals surface area contributed by atoms with E-state index in [0.29, 0.717) is 12.1 Å². The number of amides is 1. The van der Waals surface area contributed by atoms with Gasteiger partial charge in [0.05, 0.1) is 0 Å². The van der Waals surface area contributed by atoms with Crippen molar-refractivity contribution in [3.05, 3.63) is 68.8 Å². The van der Waals surface area contributed by atoms with E-state index >= 15 is 0 Å². The number of rotatable bonds is 5. The molecule has 110 valence electrons. The van der Waals surface area contributed by atoms with Crippen molar-refractivity contribution in [2.45, 2.75) is 13.1 Å². The number of carbonyl (C=O) groups excluding carboxylic acids is 1. The fraction of sp³-hybridized carbons (Fsp3) is 0.235. The van der Waals surface area contributed by atoms with Crippen LogP contribution >= 0.6 is 22.6 Å². The van der Waals surface area contributed by atoms with Crippen molar-refractivity contribution in [1.29, 1.82) is 0 Å². The van der Waals surface area contributed by atoms with Crippen molar-refractivity contribution < 1.29 is 4.79 Å². The molecule has 2 aromatic carbocycles. The second-order valence-corrected chi connectivity index (χ2v) is 6.49. The first-order chi connectivity index (χ1) is 10.0. The molecule has 0 aromatic heterocycles. The number of nitrogens with one attached hydrogen (secondary N) is 1. The molecule has 0 saturated carbocycles. The fourth-order valence-corrected chi connectivity index (χ4v) is 2.58. The summed E-state index contributed by atoms with van der Waals surface area (Å²) in [6, 6.07) is 15.9. The molecule has 0 fully saturated rings. The molecule has 0 bridgehead atoms. The van der Waals surface area contributed by atoms with Crippen molar-refractivity contribution in [3.8, 4) is 0 Å². The van der Waals surface area contributed by atoms with Gasteiger partial charge in [-0.05, 0) is 66.0 Å². The summed E-state index contributed by atoms with van der Waals surface area (Å²) in [6.45, 7) is 1.47. The summed E-state index contributed by atoms with van der Waals surface area (Å²) in [7, 11) is 4.10. The van der Waals surface area contributed by atoms with E-state index in [1.807, 2.05) is 24.3 Å². The van der Waals surface area contributed by atoms with Gasteiger partial charge in [-0.15, -0.1) is 0 Å². The maximum atomic E-state index is 12.1. The van der Waals surface area contributed by atoms with Gasteiger partial charge in [0.25, 0.3) is 5.91 Å². The Morgan fingerprint density at radius 2 is 1.76 bits per heavy atom. The molecule has 3 nitrogen and oxygen atoms in total. The molecule has 21 heavy (non-hydrogen) atoms.